The normalized spacial score (nSPS) is 20.5. The number of thioether (sulfide) groups is 1. The van der Waals surface area contributed by atoms with E-state index in [1.54, 1.807) is 34.4 Å². The lowest BCUT2D eigenvalue weighted by Gasteiger charge is -2.34. The zero-order chi connectivity index (χ0) is 16.6. The molecule has 3 rings (SSSR count). The monoisotopic (exact) mass is 336 g/mol. The number of carbonyl (C=O) groups excluding carboxylic acids is 2. The van der Waals surface area contributed by atoms with Gasteiger partial charge in [0.15, 0.2) is 5.16 Å². The van der Waals surface area contributed by atoms with Crippen LogP contribution in [0.2, 0.25) is 0 Å². The van der Waals surface area contributed by atoms with Crippen LogP contribution in [0.25, 0.3) is 0 Å². The zero-order valence-electron chi connectivity index (χ0n) is 13.3. The summed E-state index contributed by atoms with van der Waals surface area (Å²) in [5.41, 5.74) is 0.544. The number of aryl methyl sites for hydroxylation is 1. The van der Waals surface area contributed by atoms with Crippen molar-refractivity contribution in [3.8, 4) is 0 Å². The van der Waals surface area contributed by atoms with E-state index in [0.717, 1.165) is 0 Å². The highest BCUT2D eigenvalue weighted by Gasteiger charge is 2.30. The van der Waals surface area contributed by atoms with Gasteiger partial charge in [0.2, 0.25) is 11.8 Å². The smallest absolute Gasteiger partial charge is 0.257 e. The highest BCUT2D eigenvalue weighted by atomic mass is 32.2. The Morgan fingerprint density at radius 1 is 1.26 bits per heavy atom. The maximum atomic E-state index is 12.5. The fourth-order valence-electron chi connectivity index (χ4n) is 2.97. The second kappa shape index (κ2) is 6.35. The Hall–Kier alpha value is -1.83. The summed E-state index contributed by atoms with van der Waals surface area (Å²) in [6.07, 6.45) is 1.90. The Morgan fingerprint density at radius 2 is 1.91 bits per heavy atom. The Balaban J connectivity index is 1.66. The third-order valence-electron chi connectivity index (χ3n) is 4.39. The molecule has 1 fully saturated rings. The largest absolute Gasteiger partial charge is 0.339 e. The van der Waals surface area contributed by atoms with Gasteiger partial charge in [-0.25, -0.2) is 4.98 Å². The van der Waals surface area contributed by atoms with Crippen LogP contribution >= 0.6 is 11.8 Å². The Bertz CT molecular complexity index is 694. The highest BCUT2D eigenvalue weighted by molar-refractivity contribution is 7.99. The number of hydrogen-bond acceptors (Lipinski definition) is 5. The van der Waals surface area contributed by atoms with Crippen molar-refractivity contribution >= 4 is 23.6 Å². The van der Waals surface area contributed by atoms with Crippen molar-refractivity contribution in [3.05, 3.63) is 22.1 Å². The van der Waals surface area contributed by atoms with E-state index in [2.05, 4.69) is 4.98 Å². The molecule has 0 bridgehead atoms. The molecule has 1 aromatic heterocycles. The highest BCUT2D eigenvalue weighted by Crippen LogP contribution is 2.32. The lowest BCUT2D eigenvalue weighted by atomic mass is 10.2. The molecular weight excluding hydrogens is 316 g/mol. The van der Waals surface area contributed by atoms with Gasteiger partial charge < -0.3 is 9.80 Å². The minimum absolute atomic E-state index is 0.0417. The second-order valence-corrected chi connectivity index (χ2v) is 6.94. The summed E-state index contributed by atoms with van der Waals surface area (Å²) in [5.74, 6) is 0.788. The molecular formula is C15H20N4O3S. The molecule has 7 nitrogen and oxygen atoms in total. The van der Waals surface area contributed by atoms with Gasteiger partial charge in [0.25, 0.3) is 5.56 Å². The van der Waals surface area contributed by atoms with Gasteiger partial charge in [-0.05, 0) is 6.92 Å². The average molecular weight is 336 g/mol. The molecule has 2 aliphatic heterocycles. The SMILES string of the molecule is CC(=O)N1CCN(C(=O)CC2CSc3ncc(C)c(=O)n32)CC1. The van der Waals surface area contributed by atoms with Gasteiger partial charge >= 0.3 is 0 Å². The van der Waals surface area contributed by atoms with Crippen molar-refractivity contribution in [2.24, 2.45) is 0 Å². The van der Waals surface area contributed by atoms with E-state index < -0.39 is 0 Å². The minimum Gasteiger partial charge on any atom is -0.339 e. The third kappa shape index (κ3) is 3.12. The topological polar surface area (TPSA) is 75.5 Å². The van der Waals surface area contributed by atoms with Crippen LogP contribution in [0, 0.1) is 6.92 Å². The molecule has 1 saturated heterocycles. The Morgan fingerprint density at radius 3 is 2.57 bits per heavy atom. The van der Waals surface area contributed by atoms with Crippen LogP contribution in [-0.4, -0.2) is 63.1 Å². The van der Waals surface area contributed by atoms with Crippen molar-refractivity contribution in [2.75, 3.05) is 31.9 Å². The first kappa shape index (κ1) is 16.0. The number of piperazine rings is 1. The van der Waals surface area contributed by atoms with Crippen LogP contribution in [0.5, 0.6) is 0 Å². The van der Waals surface area contributed by atoms with E-state index in [4.69, 9.17) is 0 Å². The quantitative estimate of drug-likeness (QED) is 0.725. The summed E-state index contributed by atoms with van der Waals surface area (Å²) in [6.45, 7) is 5.57. The molecule has 3 heterocycles. The first-order valence-corrected chi connectivity index (χ1v) is 8.70. The number of rotatable bonds is 2. The van der Waals surface area contributed by atoms with Gasteiger partial charge in [0, 0.05) is 57.0 Å². The van der Waals surface area contributed by atoms with Gasteiger partial charge in [0.05, 0.1) is 6.04 Å². The predicted molar refractivity (Wildman–Crippen MR) is 86.4 cm³/mol. The molecule has 2 amide bonds. The van der Waals surface area contributed by atoms with Crippen LogP contribution in [0.4, 0.5) is 0 Å². The molecule has 8 heteroatoms. The molecule has 1 atom stereocenters. The number of hydrogen-bond donors (Lipinski definition) is 0. The van der Waals surface area contributed by atoms with E-state index in [1.807, 2.05) is 0 Å². The van der Waals surface area contributed by atoms with Crippen molar-refractivity contribution in [2.45, 2.75) is 31.5 Å². The van der Waals surface area contributed by atoms with Crippen molar-refractivity contribution in [1.82, 2.24) is 19.4 Å². The first-order chi connectivity index (χ1) is 11.0. The first-order valence-electron chi connectivity index (χ1n) is 7.71. The molecule has 0 aromatic carbocycles. The molecule has 0 aliphatic carbocycles. The number of fused-ring (bicyclic) bond motifs is 1. The minimum atomic E-state index is -0.131. The summed E-state index contributed by atoms with van der Waals surface area (Å²) in [5, 5.41) is 0.694. The standard InChI is InChI=1S/C15H20N4O3S/c1-10-8-16-15-19(14(10)22)12(9-23-15)7-13(21)18-5-3-17(4-6-18)11(2)20/h8,12H,3-7,9H2,1-2H3. The van der Waals surface area contributed by atoms with Crippen molar-refractivity contribution in [3.63, 3.8) is 0 Å². The average Bonchev–Trinajstić information content (AvgIpc) is 2.94. The summed E-state index contributed by atoms with van der Waals surface area (Å²) in [6, 6.07) is -0.131. The van der Waals surface area contributed by atoms with E-state index >= 15 is 0 Å². The summed E-state index contributed by atoms with van der Waals surface area (Å²) < 4.78 is 1.66. The van der Waals surface area contributed by atoms with E-state index in [1.165, 1.54) is 11.8 Å². The molecule has 1 unspecified atom stereocenters. The number of amides is 2. The third-order valence-corrected chi connectivity index (χ3v) is 5.50. The number of nitrogens with zero attached hydrogens (tertiary/aromatic N) is 4. The number of aromatic nitrogens is 2. The predicted octanol–water partition coefficient (Wildman–Crippen LogP) is 0.279. The van der Waals surface area contributed by atoms with Gasteiger partial charge in [0.1, 0.15) is 0 Å². The Kier molecular flexibility index (Phi) is 4.43. The lowest BCUT2D eigenvalue weighted by molar-refractivity contribution is -0.138. The Labute approximate surface area is 138 Å². The molecule has 0 radical (unpaired) electrons. The fraction of sp³-hybridized carbons (Fsp3) is 0.600. The van der Waals surface area contributed by atoms with Gasteiger partial charge in [-0.2, -0.15) is 0 Å². The van der Waals surface area contributed by atoms with Gasteiger partial charge in [-0.15, -0.1) is 0 Å². The van der Waals surface area contributed by atoms with Crippen LogP contribution in [0.15, 0.2) is 16.1 Å². The molecule has 0 N–H and O–H groups in total. The lowest BCUT2D eigenvalue weighted by Crippen LogP contribution is -2.50. The summed E-state index contributed by atoms with van der Waals surface area (Å²) >= 11 is 1.52. The van der Waals surface area contributed by atoms with E-state index in [9.17, 15) is 14.4 Å². The van der Waals surface area contributed by atoms with Crippen LogP contribution < -0.4 is 5.56 Å². The summed E-state index contributed by atoms with van der Waals surface area (Å²) in [7, 11) is 0. The fourth-order valence-corrected chi connectivity index (χ4v) is 4.08. The maximum Gasteiger partial charge on any atom is 0.257 e. The summed E-state index contributed by atoms with van der Waals surface area (Å²) in [4.78, 5) is 44.0. The molecule has 0 saturated carbocycles. The van der Waals surface area contributed by atoms with E-state index in [0.29, 0.717) is 49.1 Å². The molecule has 0 spiro atoms. The molecule has 1 aromatic rings. The molecule has 23 heavy (non-hydrogen) atoms. The van der Waals surface area contributed by atoms with Gasteiger partial charge in [-0.1, -0.05) is 11.8 Å². The molecule has 124 valence electrons. The molecule has 2 aliphatic rings. The second-order valence-electron chi connectivity index (χ2n) is 5.95. The van der Waals surface area contributed by atoms with Crippen LogP contribution in [0.3, 0.4) is 0 Å². The van der Waals surface area contributed by atoms with Crippen LogP contribution in [0.1, 0.15) is 24.9 Å². The number of carbonyl (C=O) groups is 2. The van der Waals surface area contributed by atoms with Crippen LogP contribution in [-0.2, 0) is 9.59 Å². The van der Waals surface area contributed by atoms with E-state index in [-0.39, 0.29) is 23.4 Å². The van der Waals surface area contributed by atoms with Gasteiger partial charge in [-0.3, -0.25) is 19.0 Å². The maximum absolute atomic E-state index is 12.5. The van der Waals surface area contributed by atoms with Crippen molar-refractivity contribution < 1.29 is 9.59 Å². The van der Waals surface area contributed by atoms with Crippen molar-refractivity contribution in [1.29, 1.82) is 0 Å². The zero-order valence-corrected chi connectivity index (χ0v) is 14.1.